The van der Waals surface area contributed by atoms with E-state index in [1.54, 1.807) is 6.92 Å². The van der Waals surface area contributed by atoms with Crippen LogP contribution in [0.3, 0.4) is 0 Å². The van der Waals surface area contributed by atoms with E-state index in [1.807, 2.05) is 16.8 Å². The Hall–Kier alpha value is -1.14. The maximum absolute atomic E-state index is 12.1. The summed E-state index contributed by atoms with van der Waals surface area (Å²) in [6.45, 7) is 4.53. The molecule has 1 aliphatic heterocycles. The number of carbonyl (C=O) groups excluding carboxylic acids is 2. The third-order valence-electron chi connectivity index (χ3n) is 3.74. The molecular formula is C13H23N3O3. The van der Waals surface area contributed by atoms with Crippen LogP contribution in [-0.4, -0.2) is 73.6 Å². The van der Waals surface area contributed by atoms with Gasteiger partial charge in [0.1, 0.15) is 6.04 Å². The Morgan fingerprint density at radius 3 is 2.79 bits per heavy atom. The molecular weight excluding hydrogens is 246 g/mol. The molecule has 2 fully saturated rings. The summed E-state index contributed by atoms with van der Waals surface area (Å²) in [5.41, 5.74) is 0. The molecule has 1 saturated heterocycles. The van der Waals surface area contributed by atoms with Crippen molar-refractivity contribution in [1.29, 1.82) is 0 Å². The van der Waals surface area contributed by atoms with Crippen LogP contribution in [0, 0.1) is 0 Å². The highest BCUT2D eigenvalue weighted by atomic mass is 16.5. The van der Waals surface area contributed by atoms with Gasteiger partial charge in [-0.25, -0.2) is 0 Å². The summed E-state index contributed by atoms with van der Waals surface area (Å²) in [5.74, 6) is -0.143. The Bertz CT molecular complexity index is 344. The lowest BCUT2D eigenvalue weighted by Crippen LogP contribution is -2.57. The molecule has 1 aliphatic carbocycles. The molecule has 1 saturated carbocycles. The van der Waals surface area contributed by atoms with Gasteiger partial charge >= 0.3 is 5.97 Å². The normalized spacial score (nSPS) is 24.0. The monoisotopic (exact) mass is 269 g/mol. The van der Waals surface area contributed by atoms with Gasteiger partial charge in [0, 0.05) is 32.7 Å². The Labute approximate surface area is 114 Å². The topological polar surface area (TPSA) is 61.9 Å². The fourth-order valence-electron chi connectivity index (χ4n) is 2.36. The van der Waals surface area contributed by atoms with Gasteiger partial charge in [0.05, 0.1) is 13.2 Å². The van der Waals surface area contributed by atoms with Gasteiger partial charge in [-0.05, 0) is 19.8 Å². The molecule has 0 aromatic heterocycles. The lowest BCUT2D eigenvalue weighted by Gasteiger charge is -2.34. The van der Waals surface area contributed by atoms with E-state index in [0.29, 0.717) is 32.3 Å². The molecule has 2 aliphatic rings. The first kappa shape index (κ1) is 14.3. The summed E-state index contributed by atoms with van der Waals surface area (Å²) >= 11 is 0. The molecule has 0 bridgehead atoms. The second kappa shape index (κ2) is 6.34. The Balaban J connectivity index is 1.91. The number of ether oxygens (including phenoxy) is 1. The molecule has 1 unspecified atom stereocenters. The van der Waals surface area contributed by atoms with Crippen LogP contribution in [0.1, 0.15) is 19.8 Å². The molecule has 1 amide bonds. The number of likely N-dealkylation sites (N-methyl/N-ethyl adjacent to an activating group) is 1. The van der Waals surface area contributed by atoms with Crippen LogP contribution in [0.25, 0.3) is 0 Å². The quantitative estimate of drug-likeness (QED) is 0.678. The zero-order chi connectivity index (χ0) is 13.8. The minimum atomic E-state index is -0.342. The molecule has 6 nitrogen and oxygen atoms in total. The fourth-order valence-corrected chi connectivity index (χ4v) is 2.36. The average molecular weight is 269 g/mol. The minimum Gasteiger partial charge on any atom is -0.465 e. The summed E-state index contributed by atoms with van der Waals surface area (Å²) in [6, 6.07) is 0.0710. The predicted octanol–water partition coefficient (Wildman–Crippen LogP) is -0.556. The van der Waals surface area contributed by atoms with Crippen molar-refractivity contribution in [2.75, 3.05) is 39.8 Å². The SMILES string of the molecule is CCOC(=O)C1CNCCN1CC(=O)N(C)C1CC1. The van der Waals surface area contributed by atoms with Crippen molar-refractivity contribution in [3.8, 4) is 0 Å². The van der Waals surface area contributed by atoms with Gasteiger partial charge < -0.3 is 15.0 Å². The van der Waals surface area contributed by atoms with Crippen LogP contribution in [0.2, 0.25) is 0 Å². The van der Waals surface area contributed by atoms with Gasteiger partial charge in [-0.15, -0.1) is 0 Å². The summed E-state index contributed by atoms with van der Waals surface area (Å²) in [4.78, 5) is 27.7. The summed E-state index contributed by atoms with van der Waals surface area (Å²) in [5, 5.41) is 3.17. The second-order valence-electron chi connectivity index (χ2n) is 5.18. The lowest BCUT2D eigenvalue weighted by atomic mass is 10.2. The molecule has 0 aromatic rings. The number of nitrogens with zero attached hydrogens (tertiary/aromatic N) is 2. The van der Waals surface area contributed by atoms with Crippen molar-refractivity contribution in [3.05, 3.63) is 0 Å². The highest BCUT2D eigenvalue weighted by Gasteiger charge is 2.34. The molecule has 1 atom stereocenters. The maximum Gasteiger partial charge on any atom is 0.324 e. The third kappa shape index (κ3) is 3.67. The minimum absolute atomic E-state index is 0.0960. The summed E-state index contributed by atoms with van der Waals surface area (Å²) in [7, 11) is 1.85. The summed E-state index contributed by atoms with van der Waals surface area (Å²) < 4.78 is 5.07. The van der Waals surface area contributed by atoms with Gasteiger partial charge in [-0.1, -0.05) is 0 Å². The van der Waals surface area contributed by atoms with E-state index in [0.717, 1.165) is 19.4 Å². The first-order valence-corrected chi connectivity index (χ1v) is 7.00. The second-order valence-corrected chi connectivity index (χ2v) is 5.18. The smallest absolute Gasteiger partial charge is 0.324 e. The van der Waals surface area contributed by atoms with Crippen molar-refractivity contribution in [2.45, 2.75) is 31.8 Å². The Morgan fingerprint density at radius 1 is 1.42 bits per heavy atom. The van der Waals surface area contributed by atoms with Gasteiger partial charge in [-0.2, -0.15) is 0 Å². The van der Waals surface area contributed by atoms with Crippen molar-refractivity contribution in [1.82, 2.24) is 15.1 Å². The van der Waals surface area contributed by atoms with E-state index >= 15 is 0 Å². The van der Waals surface area contributed by atoms with Crippen molar-refractivity contribution in [2.24, 2.45) is 0 Å². The fraction of sp³-hybridized carbons (Fsp3) is 0.846. The number of rotatable bonds is 5. The molecule has 1 heterocycles. The highest BCUT2D eigenvalue weighted by Crippen LogP contribution is 2.25. The lowest BCUT2D eigenvalue weighted by molar-refractivity contribution is -0.151. The van der Waals surface area contributed by atoms with E-state index < -0.39 is 0 Å². The van der Waals surface area contributed by atoms with E-state index in [1.165, 1.54) is 0 Å². The molecule has 2 rings (SSSR count). The van der Waals surface area contributed by atoms with Crippen LogP contribution in [0.5, 0.6) is 0 Å². The number of hydrogen-bond donors (Lipinski definition) is 1. The Morgan fingerprint density at radius 2 is 2.16 bits per heavy atom. The van der Waals surface area contributed by atoms with Crippen molar-refractivity contribution in [3.63, 3.8) is 0 Å². The van der Waals surface area contributed by atoms with Crippen LogP contribution >= 0.6 is 0 Å². The molecule has 1 N–H and O–H groups in total. The number of carbonyl (C=O) groups is 2. The van der Waals surface area contributed by atoms with Gasteiger partial charge in [-0.3, -0.25) is 14.5 Å². The molecule has 108 valence electrons. The number of hydrogen-bond acceptors (Lipinski definition) is 5. The number of piperazine rings is 1. The van der Waals surface area contributed by atoms with E-state index in [4.69, 9.17) is 4.74 Å². The highest BCUT2D eigenvalue weighted by molar-refractivity contribution is 5.81. The third-order valence-corrected chi connectivity index (χ3v) is 3.74. The van der Waals surface area contributed by atoms with Crippen molar-refractivity contribution >= 4 is 11.9 Å². The Kier molecular flexibility index (Phi) is 4.76. The van der Waals surface area contributed by atoms with Gasteiger partial charge in [0.2, 0.25) is 5.91 Å². The zero-order valence-corrected chi connectivity index (χ0v) is 11.7. The first-order chi connectivity index (χ1) is 9.13. The number of nitrogens with one attached hydrogen (secondary N) is 1. The summed E-state index contributed by atoms with van der Waals surface area (Å²) in [6.07, 6.45) is 2.20. The molecule has 6 heteroatoms. The predicted molar refractivity (Wildman–Crippen MR) is 70.7 cm³/mol. The van der Waals surface area contributed by atoms with Crippen LogP contribution < -0.4 is 5.32 Å². The largest absolute Gasteiger partial charge is 0.465 e. The average Bonchev–Trinajstić information content (AvgIpc) is 3.23. The standard InChI is InChI=1S/C13H23N3O3/c1-3-19-13(18)11-8-14-6-7-16(11)9-12(17)15(2)10-4-5-10/h10-11,14H,3-9H2,1-2H3. The van der Waals surface area contributed by atoms with E-state index in [9.17, 15) is 9.59 Å². The van der Waals surface area contributed by atoms with Crippen LogP contribution in [0.4, 0.5) is 0 Å². The maximum atomic E-state index is 12.1. The molecule has 19 heavy (non-hydrogen) atoms. The van der Waals surface area contributed by atoms with E-state index in [2.05, 4.69) is 5.32 Å². The number of esters is 1. The molecule has 0 radical (unpaired) electrons. The molecule has 0 spiro atoms. The first-order valence-electron chi connectivity index (χ1n) is 7.00. The van der Waals surface area contributed by atoms with Crippen LogP contribution in [0.15, 0.2) is 0 Å². The van der Waals surface area contributed by atoms with E-state index in [-0.39, 0.29) is 17.9 Å². The molecule has 0 aromatic carbocycles. The number of amides is 1. The van der Waals surface area contributed by atoms with Crippen molar-refractivity contribution < 1.29 is 14.3 Å². The zero-order valence-electron chi connectivity index (χ0n) is 11.7. The van der Waals surface area contributed by atoms with Gasteiger partial charge in [0.25, 0.3) is 0 Å². The van der Waals surface area contributed by atoms with Crippen LogP contribution in [-0.2, 0) is 14.3 Å². The van der Waals surface area contributed by atoms with Gasteiger partial charge in [0.15, 0.2) is 0 Å².